The summed E-state index contributed by atoms with van der Waals surface area (Å²) in [6.45, 7) is 5.11. The van der Waals surface area contributed by atoms with Crippen molar-refractivity contribution in [2.45, 2.75) is 114 Å². The molecule has 1 saturated heterocycles. The van der Waals surface area contributed by atoms with Gasteiger partial charge in [0.15, 0.2) is 23.3 Å². The molecule has 3 saturated carbocycles. The standard InChI is InChI=1S/C45H55F2N5O10/c1-4-6-38-61-37-21-30-31-20-33(46)32-19-28(53)16-17-42(32,2)44(31,47)35(54)22-43(30,3)45(37,62-38)36(55)24-59-29-14-12-27(13-15-29)52-41(58)60-23-25-8-10-26(11-9-25)51-39(56)34(48)7-5-18-50-40(49)57/h8-17,19,30-31,33-35,37-38,54H,4-7,18,20-24,48H2,1-3H3,(H,51,56)(H,52,58)(H3,49,50,57)/t30-,31-,33-,34-,35-,37+,38?,42-,43-,44-,45+/m0/s1. The first-order valence-electron chi connectivity index (χ1n) is 21.1. The van der Waals surface area contributed by atoms with Gasteiger partial charge in [-0.15, -0.1) is 0 Å². The van der Waals surface area contributed by atoms with Gasteiger partial charge in [-0.2, -0.15) is 0 Å². The van der Waals surface area contributed by atoms with Crippen LogP contribution in [-0.4, -0.2) is 89.8 Å². The van der Waals surface area contributed by atoms with E-state index in [-0.39, 0.29) is 37.3 Å². The number of fused-ring (bicyclic) bond motifs is 7. The van der Waals surface area contributed by atoms with Crippen molar-refractivity contribution in [3.8, 4) is 5.75 Å². The Morgan fingerprint density at radius 3 is 2.40 bits per heavy atom. The molecular weight excluding hydrogens is 809 g/mol. The fourth-order valence-electron chi connectivity index (χ4n) is 10.7. The highest BCUT2D eigenvalue weighted by atomic mass is 19.1. The molecule has 4 aliphatic carbocycles. The number of urea groups is 1. The summed E-state index contributed by atoms with van der Waals surface area (Å²) in [4.78, 5) is 62.6. The van der Waals surface area contributed by atoms with Crippen LogP contribution in [0.3, 0.4) is 0 Å². The van der Waals surface area contributed by atoms with Gasteiger partial charge in [-0.05, 0) is 111 Å². The third-order valence-corrected chi connectivity index (χ3v) is 13.8. The summed E-state index contributed by atoms with van der Waals surface area (Å²) in [5.41, 5.74) is 5.89. The summed E-state index contributed by atoms with van der Waals surface area (Å²) in [5, 5.41) is 19.6. The van der Waals surface area contributed by atoms with Gasteiger partial charge in [0.2, 0.25) is 11.7 Å². The summed E-state index contributed by atoms with van der Waals surface area (Å²) in [6, 6.07) is 11.5. The van der Waals surface area contributed by atoms with E-state index in [1.807, 2.05) is 13.8 Å². The van der Waals surface area contributed by atoms with Crippen molar-refractivity contribution >= 4 is 41.0 Å². The first-order chi connectivity index (χ1) is 29.4. The van der Waals surface area contributed by atoms with Crippen LogP contribution in [0.2, 0.25) is 0 Å². The fourth-order valence-corrected chi connectivity index (χ4v) is 10.7. The second kappa shape index (κ2) is 17.5. The average molecular weight is 864 g/mol. The van der Waals surface area contributed by atoms with E-state index in [4.69, 9.17) is 30.4 Å². The van der Waals surface area contributed by atoms with Gasteiger partial charge in [0.05, 0.1) is 18.2 Å². The minimum absolute atomic E-state index is 0.0253. The molecule has 8 N–H and O–H groups in total. The van der Waals surface area contributed by atoms with E-state index in [1.165, 1.54) is 19.1 Å². The molecule has 62 heavy (non-hydrogen) atoms. The van der Waals surface area contributed by atoms with Crippen molar-refractivity contribution in [1.29, 1.82) is 0 Å². The number of halogens is 2. The Balaban J connectivity index is 0.951. The predicted molar refractivity (Wildman–Crippen MR) is 222 cm³/mol. The lowest BCUT2D eigenvalue weighted by Crippen LogP contribution is -2.71. The third-order valence-electron chi connectivity index (χ3n) is 13.8. The van der Waals surface area contributed by atoms with E-state index in [2.05, 4.69) is 16.0 Å². The van der Waals surface area contributed by atoms with Crippen LogP contribution in [0.15, 0.2) is 72.3 Å². The molecule has 17 heteroatoms. The van der Waals surface area contributed by atoms with E-state index >= 15 is 8.78 Å². The zero-order valence-corrected chi connectivity index (χ0v) is 35.0. The first-order valence-corrected chi connectivity index (χ1v) is 21.1. The molecular formula is C45H55F2N5O10. The summed E-state index contributed by atoms with van der Waals surface area (Å²) >= 11 is 0. The molecule has 1 heterocycles. The number of aliphatic hydroxyl groups excluding tert-OH is 1. The lowest BCUT2D eigenvalue weighted by molar-refractivity contribution is -0.234. The number of carbonyl (C=O) groups excluding carboxylic acids is 5. The number of alkyl halides is 2. The number of primary amides is 1. The minimum Gasteiger partial charge on any atom is -0.486 e. The van der Waals surface area contributed by atoms with E-state index in [0.29, 0.717) is 54.9 Å². The van der Waals surface area contributed by atoms with Crippen molar-refractivity contribution in [2.75, 3.05) is 23.8 Å². The summed E-state index contributed by atoms with van der Waals surface area (Å²) < 4.78 is 58.1. The number of ether oxygens (including phenoxy) is 4. The van der Waals surface area contributed by atoms with Gasteiger partial charge in [0.25, 0.3) is 0 Å². The predicted octanol–water partition coefficient (Wildman–Crippen LogP) is 5.31. The van der Waals surface area contributed by atoms with E-state index < -0.39 is 94.9 Å². The number of nitrogens with one attached hydrogen (secondary N) is 3. The van der Waals surface area contributed by atoms with Crippen LogP contribution in [0.25, 0.3) is 0 Å². The first kappa shape index (κ1) is 44.8. The van der Waals surface area contributed by atoms with E-state index in [9.17, 15) is 29.1 Å². The average Bonchev–Trinajstić information content (AvgIpc) is 3.72. The van der Waals surface area contributed by atoms with Gasteiger partial charge >= 0.3 is 12.1 Å². The maximum Gasteiger partial charge on any atom is 0.411 e. The van der Waals surface area contributed by atoms with Crippen molar-refractivity contribution in [3.05, 3.63) is 77.9 Å². The monoisotopic (exact) mass is 863 g/mol. The van der Waals surface area contributed by atoms with Gasteiger partial charge in [-0.1, -0.05) is 38.5 Å². The zero-order valence-electron chi connectivity index (χ0n) is 35.0. The minimum atomic E-state index is -2.32. The molecule has 7 rings (SSSR count). The number of allylic oxidation sites excluding steroid dienone is 4. The lowest BCUT2D eigenvalue weighted by Gasteiger charge is -2.63. The molecule has 4 amide bonds. The van der Waals surface area contributed by atoms with E-state index in [1.54, 1.807) is 48.5 Å². The summed E-state index contributed by atoms with van der Waals surface area (Å²) in [7, 11) is 0. The molecule has 1 aliphatic heterocycles. The number of nitrogens with two attached hydrogens (primary N) is 2. The van der Waals surface area contributed by atoms with Gasteiger partial charge in [0, 0.05) is 34.7 Å². The molecule has 0 bridgehead atoms. The maximum atomic E-state index is 17.8. The smallest absolute Gasteiger partial charge is 0.411 e. The number of amides is 4. The topological polar surface area (TPSA) is 231 Å². The number of ketones is 2. The summed E-state index contributed by atoms with van der Waals surface area (Å²) in [5.74, 6) is -2.55. The molecule has 2 aromatic rings. The second-order valence-corrected chi connectivity index (χ2v) is 17.5. The Hall–Kier alpha value is -5.23. The van der Waals surface area contributed by atoms with Crippen LogP contribution in [0.1, 0.15) is 71.3 Å². The Kier molecular flexibility index (Phi) is 12.7. The number of anilines is 2. The molecule has 5 aliphatic rings. The SMILES string of the molecule is CCCC1O[C@@H]2C[C@H]3[C@@H]4C[C@H](F)C5=CC(=O)C=C[C@]5(C)[C@@]4(F)[C@@H](O)C[C@]3(C)[C@]2(C(=O)COc2ccc(NC(=O)OCc3ccc(NC(=O)[C@@H](N)CCCNC(N)=O)cc3)cc2)O1. The van der Waals surface area contributed by atoms with Gasteiger partial charge in [0.1, 0.15) is 25.1 Å². The van der Waals surface area contributed by atoms with Gasteiger partial charge < -0.3 is 46.2 Å². The molecule has 334 valence electrons. The van der Waals surface area contributed by atoms with E-state index in [0.717, 1.165) is 6.08 Å². The number of aliphatic hydroxyl groups is 1. The lowest BCUT2D eigenvalue weighted by atomic mass is 9.44. The number of hydrogen-bond acceptors (Lipinski definition) is 11. The molecule has 0 radical (unpaired) electrons. The third kappa shape index (κ3) is 7.99. The summed E-state index contributed by atoms with van der Waals surface area (Å²) in [6.07, 6.45) is 0.142. The van der Waals surface area contributed by atoms with Crippen LogP contribution >= 0.6 is 0 Å². The quantitative estimate of drug-likeness (QED) is 0.126. The zero-order chi connectivity index (χ0) is 44.6. The number of Topliss-reactive ketones (excluding diaryl/α,β-unsaturated/α-hetero) is 1. The number of benzene rings is 2. The number of rotatable bonds is 15. The van der Waals surface area contributed by atoms with Crippen molar-refractivity contribution in [2.24, 2.45) is 34.1 Å². The highest BCUT2D eigenvalue weighted by molar-refractivity contribution is 6.01. The second-order valence-electron chi connectivity index (χ2n) is 17.5. The molecule has 4 fully saturated rings. The maximum absolute atomic E-state index is 17.8. The highest BCUT2D eigenvalue weighted by Crippen LogP contribution is 2.72. The van der Waals surface area contributed by atoms with Crippen LogP contribution in [0.5, 0.6) is 5.75 Å². The van der Waals surface area contributed by atoms with Crippen LogP contribution in [-0.2, 0) is 35.2 Å². The number of carbonyl (C=O) groups is 5. The molecule has 11 atom stereocenters. The van der Waals surface area contributed by atoms with Gasteiger partial charge in [-0.3, -0.25) is 19.7 Å². The van der Waals surface area contributed by atoms with Crippen molar-refractivity contribution in [3.63, 3.8) is 0 Å². The Labute approximate surface area is 358 Å². The Bertz CT molecular complexity index is 2120. The van der Waals surface area contributed by atoms with Crippen LogP contribution in [0, 0.1) is 22.7 Å². The molecule has 1 unspecified atom stereocenters. The Morgan fingerprint density at radius 1 is 1.02 bits per heavy atom. The molecule has 2 aromatic carbocycles. The van der Waals surface area contributed by atoms with Gasteiger partial charge in [-0.25, -0.2) is 18.4 Å². The molecule has 0 aromatic heterocycles. The Morgan fingerprint density at radius 2 is 1.71 bits per heavy atom. The molecule has 0 spiro atoms. The molecule has 15 nitrogen and oxygen atoms in total. The van der Waals surface area contributed by atoms with Crippen molar-refractivity contribution < 1.29 is 56.8 Å². The van der Waals surface area contributed by atoms with Crippen molar-refractivity contribution in [1.82, 2.24) is 5.32 Å². The highest BCUT2D eigenvalue weighted by Gasteiger charge is 2.80. The van der Waals surface area contributed by atoms with Crippen LogP contribution < -0.4 is 32.2 Å². The normalized spacial score (nSPS) is 33.5. The number of hydrogen-bond donors (Lipinski definition) is 6. The van der Waals surface area contributed by atoms with Crippen LogP contribution in [0.4, 0.5) is 29.7 Å². The fraction of sp³-hybridized carbons (Fsp3) is 0.533. The largest absolute Gasteiger partial charge is 0.486 e.